The topological polar surface area (TPSA) is 110 Å². The van der Waals surface area contributed by atoms with Crippen molar-refractivity contribution in [3.63, 3.8) is 0 Å². The highest BCUT2D eigenvalue weighted by Crippen LogP contribution is 2.28. The number of nitrogens with zero attached hydrogens (tertiary/aromatic N) is 3. The van der Waals surface area contributed by atoms with Crippen LogP contribution < -0.4 is 16.8 Å². The zero-order chi connectivity index (χ0) is 21.6. The number of nitrogen functional groups attached to an aromatic ring is 1. The Hall–Kier alpha value is -2.67. The van der Waals surface area contributed by atoms with Gasteiger partial charge in [-0.1, -0.05) is 44.2 Å². The third-order valence-corrected chi connectivity index (χ3v) is 6.81. The van der Waals surface area contributed by atoms with Crippen LogP contribution in [0.3, 0.4) is 0 Å². The van der Waals surface area contributed by atoms with Crippen LogP contribution in [0.2, 0.25) is 0 Å². The molecule has 1 saturated heterocycles. The van der Waals surface area contributed by atoms with Crippen LogP contribution in [0.1, 0.15) is 51.4 Å². The van der Waals surface area contributed by atoms with E-state index >= 15 is 0 Å². The molecule has 2 heterocycles. The summed E-state index contributed by atoms with van der Waals surface area (Å²) in [5.41, 5.74) is 12.9. The van der Waals surface area contributed by atoms with Crippen LogP contribution in [-0.2, 0) is 0 Å². The maximum absolute atomic E-state index is 12.6. The van der Waals surface area contributed by atoms with Crippen LogP contribution in [0.25, 0.3) is 10.8 Å². The molecular formula is C24H34N6O. The molecule has 2 aromatic rings. The van der Waals surface area contributed by atoms with Gasteiger partial charge in [0.25, 0.3) is 0 Å². The van der Waals surface area contributed by atoms with E-state index in [-0.39, 0.29) is 5.92 Å². The van der Waals surface area contributed by atoms with E-state index < -0.39 is 6.03 Å². The van der Waals surface area contributed by atoms with Gasteiger partial charge in [-0.05, 0) is 50.4 Å². The summed E-state index contributed by atoms with van der Waals surface area (Å²) in [6.45, 7) is 3.14. The lowest BCUT2D eigenvalue weighted by Crippen LogP contribution is -2.42. The van der Waals surface area contributed by atoms with Gasteiger partial charge in [0.1, 0.15) is 11.7 Å². The average Bonchev–Trinajstić information content (AvgIpc) is 2.79. The first-order valence-corrected chi connectivity index (χ1v) is 11.6. The summed E-state index contributed by atoms with van der Waals surface area (Å²) in [6, 6.07) is 6.95. The first-order chi connectivity index (χ1) is 15.1. The van der Waals surface area contributed by atoms with Crippen molar-refractivity contribution in [1.82, 2.24) is 9.88 Å². The molecule has 2 aliphatic rings. The number of benzene rings is 1. The largest absolute Gasteiger partial charge is 0.387 e. The molecule has 1 aliphatic heterocycles. The first-order valence-electron chi connectivity index (χ1n) is 11.6. The highest BCUT2D eigenvalue weighted by molar-refractivity contribution is 6.07. The normalized spacial score (nSPS) is 21.3. The third-order valence-electron chi connectivity index (χ3n) is 6.81. The molecule has 166 valence electrons. The number of anilines is 2. The van der Waals surface area contributed by atoms with Gasteiger partial charge in [0.05, 0.1) is 5.69 Å². The molecule has 0 radical (unpaired) electrons. The van der Waals surface area contributed by atoms with E-state index in [1.807, 2.05) is 24.3 Å². The van der Waals surface area contributed by atoms with E-state index in [9.17, 15) is 4.79 Å². The lowest BCUT2D eigenvalue weighted by molar-refractivity contribution is 0.182. The number of nitrogens with one attached hydrogen (secondary N) is 1. The van der Waals surface area contributed by atoms with Crippen molar-refractivity contribution in [3.05, 3.63) is 30.5 Å². The number of aromatic nitrogens is 1. The summed E-state index contributed by atoms with van der Waals surface area (Å²) in [6.07, 6.45) is 12.0. The van der Waals surface area contributed by atoms with E-state index in [0.29, 0.717) is 17.3 Å². The van der Waals surface area contributed by atoms with Gasteiger partial charge in [-0.3, -0.25) is 0 Å². The highest BCUT2D eigenvalue weighted by atomic mass is 16.2. The van der Waals surface area contributed by atoms with Gasteiger partial charge in [-0.25, -0.2) is 9.78 Å². The average molecular weight is 423 g/mol. The number of amides is 2. The molecule has 7 heteroatoms. The number of hydrogen-bond donors (Lipinski definition) is 3. The van der Waals surface area contributed by atoms with Crippen LogP contribution >= 0.6 is 0 Å². The van der Waals surface area contributed by atoms with Gasteiger partial charge < -0.3 is 21.7 Å². The minimum Gasteiger partial charge on any atom is -0.387 e. The Morgan fingerprint density at radius 2 is 1.97 bits per heavy atom. The third kappa shape index (κ3) is 5.53. The molecule has 2 amide bonds. The predicted molar refractivity (Wildman–Crippen MR) is 127 cm³/mol. The smallest absolute Gasteiger partial charge is 0.347 e. The zero-order valence-corrected chi connectivity index (χ0v) is 18.2. The second-order valence-corrected chi connectivity index (χ2v) is 9.00. The van der Waals surface area contributed by atoms with Crippen molar-refractivity contribution in [3.8, 4) is 0 Å². The second-order valence-electron chi connectivity index (χ2n) is 9.00. The number of pyridine rings is 1. The van der Waals surface area contributed by atoms with E-state index in [2.05, 4.69) is 20.2 Å². The summed E-state index contributed by atoms with van der Waals surface area (Å²) in [4.78, 5) is 23.4. The molecule has 1 aromatic heterocycles. The van der Waals surface area contributed by atoms with Crippen molar-refractivity contribution in [2.75, 3.05) is 30.7 Å². The minimum atomic E-state index is -0.445. The van der Waals surface area contributed by atoms with Crippen LogP contribution in [0.15, 0.2) is 35.5 Å². The van der Waals surface area contributed by atoms with Gasteiger partial charge in [-0.2, -0.15) is 4.99 Å². The quantitative estimate of drug-likeness (QED) is 0.489. The van der Waals surface area contributed by atoms with Crippen molar-refractivity contribution < 1.29 is 4.79 Å². The molecule has 7 nitrogen and oxygen atoms in total. The molecular weight excluding hydrogens is 388 g/mol. The lowest BCUT2D eigenvalue weighted by atomic mass is 9.86. The molecule has 0 bridgehead atoms. The SMILES string of the molecule is N/C(=N\C(=O)Nc1cccc2c(N)nccc12)C1CCCN(CCC2CCCCC2)C1. The number of likely N-dealkylation sites (tertiary alicyclic amines) is 1. The Balaban J connectivity index is 1.35. The van der Waals surface area contributed by atoms with Crippen LogP contribution in [-0.4, -0.2) is 41.4 Å². The number of piperidine rings is 1. The molecule has 2 fully saturated rings. The monoisotopic (exact) mass is 422 g/mol. The Morgan fingerprint density at radius 1 is 1.13 bits per heavy atom. The number of urea groups is 1. The lowest BCUT2D eigenvalue weighted by Gasteiger charge is -2.33. The van der Waals surface area contributed by atoms with Crippen LogP contribution in [0.5, 0.6) is 0 Å². The van der Waals surface area contributed by atoms with Gasteiger partial charge in [-0.15, -0.1) is 0 Å². The van der Waals surface area contributed by atoms with Gasteiger partial charge in [0.2, 0.25) is 0 Å². The molecule has 4 rings (SSSR count). The highest BCUT2D eigenvalue weighted by Gasteiger charge is 2.24. The van der Waals surface area contributed by atoms with Crippen LogP contribution in [0, 0.1) is 11.8 Å². The van der Waals surface area contributed by atoms with Crippen molar-refractivity contribution in [2.24, 2.45) is 22.6 Å². The Kier molecular flexibility index (Phi) is 7.02. The van der Waals surface area contributed by atoms with E-state index in [0.717, 1.165) is 49.2 Å². The van der Waals surface area contributed by atoms with Crippen molar-refractivity contribution >= 4 is 34.1 Å². The minimum absolute atomic E-state index is 0.137. The summed E-state index contributed by atoms with van der Waals surface area (Å²) < 4.78 is 0. The fraction of sp³-hybridized carbons (Fsp3) is 0.542. The van der Waals surface area contributed by atoms with Gasteiger partial charge in [0.15, 0.2) is 0 Å². The number of amidine groups is 1. The zero-order valence-electron chi connectivity index (χ0n) is 18.2. The fourth-order valence-electron chi connectivity index (χ4n) is 5.03. The Morgan fingerprint density at radius 3 is 2.81 bits per heavy atom. The molecule has 1 saturated carbocycles. The number of aliphatic imine (C=N–C) groups is 1. The van der Waals surface area contributed by atoms with Gasteiger partial charge >= 0.3 is 6.03 Å². The van der Waals surface area contributed by atoms with Crippen molar-refractivity contribution in [2.45, 2.75) is 51.4 Å². The van der Waals surface area contributed by atoms with Crippen LogP contribution in [0.4, 0.5) is 16.3 Å². The molecule has 1 aromatic carbocycles. The van der Waals surface area contributed by atoms with E-state index in [4.69, 9.17) is 11.5 Å². The van der Waals surface area contributed by atoms with Crippen molar-refractivity contribution in [1.29, 1.82) is 0 Å². The van der Waals surface area contributed by atoms with Gasteiger partial charge in [0, 0.05) is 29.4 Å². The molecule has 31 heavy (non-hydrogen) atoms. The molecule has 1 atom stereocenters. The number of hydrogen-bond acceptors (Lipinski definition) is 4. The Bertz CT molecular complexity index is 937. The summed E-state index contributed by atoms with van der Waals surface area (Å²) in [5.74, 6) is 1.89. The first kappa shape index (κ1) is 21.6. The molecule has 0 spiro atoms. The molecule has 1 aliphatic carbocycles. The number of carbonyl (C=O) groups excluding carboxylic acids is 1. The fourth-order valence-corrected chi connectivity index (χ4v) is 5.03. The number of rotatable bonds is 5. The predicted octanol–water partition coefficient (Wildman–Crippen LogP) is 4.39. The maximum atomic E-state index is 12.6. The summed E-state index contributed by atoms with van der Waals surface area (Å²) >= 11 is 0. The summed E-state index contributed by atoms with van der Waals surface area (Å²) in [7, 11) is 0. The number of fused-ring (bicyclic) bond motifs is 1. The second kappa shape index (κ2) is 10.1. The standard InChI is InChI=1S/C24H34N6O/c25-22(18-8-5-14-30(16-18)15-12-17-6-2-1-3-7-17)29-24(31)28-21-10-4-9-20-19(21)11-13-27-23(20)26/h4,9-11,13,17-18H,1-3,5-8,12,14-16H2,(H2,26,27)(H3,25,28,29,31). The number of carbonyl (C=O) groups is 1. The van der Waals surface area contributed by atoms with E-state index in [1.54, 1.807) is 6.20 Å². The Labute approximate surface area is 184 Å². The molecule has 5 N–H and O–H groups in total. The number of nitrogens with two attached hydrogens (primary N) is 2. The molecule has 1 unspecified atom stereocenters. The summed E-state index contributed by atoms with van der Waals surface area (Å²) in [5, 5.41) is 4.50. The maximum Gasteiger partial charge on any atom is 0.347 e. The van der Waals surface area contributed by atoms with E-state index in [1.165, 1.54) is 38.5 Å².